The number of hydrogen-bond acceptors (Lipinski definition) is 3. The van der Waals surface area contributed by atoms with E-state index in [1.54, 1.807) is 12.1 Å². The van der Waals surface area contributed by atoms with Gasteiger partial charge in [0.25, 0.3) is 5.91 Å². The molecule has 0 saturated heterocycles. The van der Waals surface area contributed by atoms with E-state index >= 15 is 0 Å². The van der Waals surface area contributed by atoms with Crippen molar-refractivity contribution in [3.8, 4) is 11.5 Å². The maximum absolute atomic E-state index is 12.4. The number of hydrogen-bond donors (Lipinski definition) is 2. The number of H-pyrrole nitrogens is 1. The number of carbonyl (C=O) groups excluding carboxylic acids is 1. The van der Waals surface area contributed by atoms with Gasteiger partial charge in [0, 0.05) is 28.0 Å². The molecule has 0 radical (unpaired) electrons. The first-order chi connectivity index (χ1) is 11.7. The smallest absolute Gasteiger partial charge is 0.267 e. The molecule has 1 aliphatic rings. The lowest BCUT2D eigenvalue weighted by molar-refractivity contribution is 0.0945. The van der Waals surface area contributed by atoms with Gasteiger partial charge in [-0.2, -0.15) is 0 Å². The minimum atomic E-state index is -0.184. The van der Waals surface area contributed by atoms with Crippen LogP contribution in [0.2, 0.25) is 5.02 Å². The topological polar surface area (TPSA) is 63.4 Å². The van der Waals surface area contributed by atoms with E-state index in [0.717, 1.165) is 16.5 Å². The molecule has 0 aliphatic carbocycles. The molecule has 0 spiro atoms. The van der Waals surface area contributed by atoms with Gasteiger partial charge in [0.15, 0.2) is 11.5 Å². The minimum absolute atomic E-state index is 0.184. The van der Waals surface area contributed by atoms with Gasteiger partial charge in [-0.15, -0.1) is 0 Å². The van der Waals surface area contributed by atoms with Crippen molar-refractivity contribution in [1.82, 2.24) is 10.3 Å². The summed E-state index contributed by atoms with van der Waals surface area (Å²) in [5.41, 5.74) is 2.26. The maximum Gasteiger partial charge on any atom is 0.267 e. The Hall–Kier alpha value is -2.66. The summed E-state index contributed by atoms with van der Waals surface area (Å²) in [7, 11) is 0. The summed E-state index contributed by atoms with van der Waals surface area (Å²) >= 11 is 5.98. The summed E-state index contributed by atoms with van der Waals surface area (Å²) < 4.78 is 11.2. The maximum atomic E-state index is 12.4. The molecule has 2 heterocycles. The van der Waals surface area contributed by atoms with Crippen molar-refractivity contribution in [2.24, 2.45) is 0 Å². The summed E-state index contributed by atoms with van der Waals surface area (Å²) in [4.78, 5) is 15.5. The van der Waals surface area contributed by atoms with Gasteiger partial charge in [0.1, 0.15) is 18.9 Å². The molecular weight excluding hydrogens is 328 g/mol. The van der Waals surface area contributed by atoms with E-state index in [4.69, 9.17) is 21.1 Å². The molecule has 24 heavy (non-hydrogen) atoms. The molecule has 122 valence electrons. The Morgan fingerprint density at radius 1 is 1.17 bits per heavy atom. The van der Waals surface area contributed by atoms with Crippen LogP contribution in [-0.4, -0.2) is 24.1 Å². The molecule has 1 amide bonds. The number of nitrogens with one attached hydrogen (secondary N) is 2. The highest BCUT2D eigenvalue weighted by atomic mass is 35.5. The van der Waals surface area contributed by atoms with Crippen LogP contribution in [-0.2, 0) is 6.54 Å². The number of aromatic amines is 1. The van der Waals surface area contributed by atoms with E-state index < -0.39 is 0 Å². The molecule has 2 aromatic carbocycles. The first-order valence-electron chi connectivity index (χ1n) is 7.65. The van der Waals surface area contributed by atoms with E-state index in [2.05, 4.69) is 10.3 Å². The molecule has 4 rings (SSSR count). The highest BCUT2D eigenvalue weighted by molar-refractivity contribution is 6.31. The van der Waals surface area contributed by atoms with Gasteiger partial charge in [-0.3, -0.25) is 4.79 Å². The summed E-state index contributed by atoms with van der Waals surface area (Å²) in [6, 6.07) is 12.9. The zero-order valence-electron chi connectivity index (χ0n) is 12.8. The molecule has 0 atom stereocenters. The quantitative estimate of drug-likeness (QED) is 0.765. The fraction of sp³-hybridized carbons (Fsp3) is 0.167. The highest BCUT2D eigenvalue weighted by Crippen LogP contribution is 2.33. The van der Waals surface area contributed by atoms with Crippen molar-refractivity contribution in [1.29, 1.82) is 0 Å². The number of fused-ring (bicyclic) bond motifs is 2. The number of benzene rings is 2. The largest absolute Gasteiger partial charge is 0.486 e. The van der Waals surface area contributed by atoms with Crippen molar-refractivity contribution in [3.63, 3.8) is 0 Å². The lowest BCUT2D eigenvalue weighted by atomic mass is 10.1. The van der Waals surface area contributed by atoms with Crippen LogP contribution in [0.4, 0.5) is 0 Å². The second-order valence-corrected chi connectivity index (χ2v) is 5.98. The van der Waals surface area contributed by atoms with Gasteiger partial charge in [-0.1, -0.05) is 23.7 Å². The molecule has 0 bridgehead atoms. The van der Waals surface area contributed by atoms with E-state index in [-0.39, 0.29) is 5.91 Å². The van der Waals surface area contributed by atoms with Crippen molar-refractivity contribution in [2.45, 2.75) is 6.54 Å². The summed E-state index contributed by atoms with van der Waals surface area (Å²) in [5, 5.41) is 4.45. The molecule has 1 aromatic heterocycles. The van der Waals surface area contributed by atoms with Gasteiger partial charge in [0.2, 0.25) is 0 Å². The monoisotopic (exact) mass is 342 g/mol. The molecule has 5 nitrogen and oxygen atoms in total. The number of amides is 1. The van der Waals surface area contributed by atoms with Crippen molar-refractivity contribution < 1.29 is 14.3 Å². The molecule has 3 aromatic rings. The summed E-state index contributed by atoms with van der Waals surface area (Å²) in [5.74, 6) is 1.23. The van der Waals surface area contributed by atoms with Crippen LogP contribution in [0.1, 0.15) is 16.1 Å². The highest BCUT2D eigenvalue weighted by Gasteiger charge is 2.16. The molecule has 2 N–H and O–H groups in total. The number of ether oxygens (including phenoxy) is 2. The molecule has 6 heteroatoms. The van der Waals surface area contributed by atoms with E-state index in [1.807, 2.05) is 30.3 Å². The summed E-state index contributed by atoms with van der Waals surface area (Å²) in [6.07, 6.45) is 0. The van der Waals surface area contributed by atoms with Crippen molar-refractivity contribution in [3.05, 3.63) is 58.7 Å². The Labute approximate surface area is 143 Å². The molecule has 1 aliphatic heterocycles. The van der Waals surface area contributed by atoms with Gasteiger partial charge in [-0.25, -0.2) is 0 Å². The van der Waals surface area contributed by atoms with Crippen molar-refractivity contribution >= 4 is 28.4 Å². The normalized spacial score (nSPS) is 13.0. The molecule has 0 unspecified atom stereocenters. The molecule has 0 saturated carbocycles. The average Bonchev–Trinajstić information content (AvgIpc) is 3.03. The van der Waals surface area contributed by atoms with Crippen LogP contribution in [0, 0.1) is 0 Å². The van der Waals surface area contributed by atoms with Crippen LogP contribution in [0.5, 0.6) is 11.5 Å². The minimum Gasteiger partial charge on any atom is -0.486 e. The average molecular weight is 343 g/mol. The van der Waals surface area contributed by atoms with Gasteiger partial charge in [-0.05, 0) is 30.3 Å². The fourth-order valence-corrected chi connectivity index (χ4v) is 2.95. The fourth-order valence-electron chi connectivity index (χ4n) is 2.77. The zero-order chi connectivity index (χ0) is 16.5. The first-order valence-corrected chi connectivity index (χ1v) is 8.02. The molecular formula is C18H15ClN2O3. The number of carbonyl (C=O) groups is 1. The Balaban J connectivity index is 1.52. The van der Waals surface area contributed by atoms with Crippen LogP contribution in [0.3, 0.4) is 0 Å². The van der Waals surface area contributed by atoms with Gasteiger partial charge in [0.05, 0.1) is 0 Å². The Morgan fingerprint density at radius 3 is 2.96 bits per heavy atom. The lowest BCUT2D eigenvalue weighted by Gasteiger charge is -2.21. The Morgan fingerprint density at radius 2 is 2.04 bits per heavy atom. The SMILES string of the molecule is O=C(NCc1cccc2c1OCCO2)c1cc2cc(Cl)ccc2[nH]1. The van der Waals surface area contributed by atoms with E-state index in [1.165, 1.54) is 0 Å². The van der Waals surface area contributed by atoms with Crippen molar-refractivity contribution in [2.75, 3.05) is 13.2 Å². The second kappa shape index (κ2) is 6.09. The van der Waals surface area contributed by atoms with Crippen LogP contribution in [0.15, 0.2) is 42.5 Å². The van der Waals surface area contributed by atoms with E-state index in [0.29, 0.717) is 42.0 Å². The Bertz CT molecular complexity index is 920. The Kier molecular flexibility index (Phi) is 3.78. The van der Waals surface area contributed by atoms with Crippen LogP contribution in [0.25, 0.3) is 10.9 Å². The van der Waals surface area contributed by atoms with Crippen LogP contribution >= 0.6 is 11.6 Å². The predicted octanol–water partition coefficient (Wildman–Crippen LogP) is 3.52. The number of halogens is 1. The number of aromatic nitrogens is 1. The second-order valence-electron chi connectivity index (χ2n) is 5.54. The zero-order valence-corrected chi connectivity index (χ0v) is 13.5. The number of para-hydroxylation sites is 1. The third-order valence-corrected chi connectivity index (χ3v) is 4.15. The van der Waals surface area contributed by atoms with Crippen LogP contribution < -0.4 is 14.8 Å². The number of rotatable bonds is 3. The van der Waals surface area contributed by atoms with Gasteiger partial charge < -0.3 is 19.8 Å². The first kappa shape index (κ1) is 14.9. The van der Waals surface area contributed by atoms with Gasteiger partial charge >= 0.3 is 0 Å². The van der Waals surface area contributed by atoms with E-state index in [9.17, 15) is 4.79 Å². The third-order valence-electron chi connectivity index (χ3n) is 3.91. The standard InChI is InChI=1S/C18H15ClN2O3/c19-13-4-5-14-12(8-13)9-15(21-14)18(22)20-10-11-2-1-3-16-17(11)24-7-6-23-16/h1-5,8-9,21H,6-7,10H2,(H,20,22). The molecule has 0 fully saturated rings. The summed E-state index contributed by atoms with van der Waals surface area (Å²) in [6.45, 7) is 1.42. The lowest BCUT2D eigenvalue weighted by Crippen LogP contribution is -2.24. The predicted molar refractivity (Wildman–Crippen MR) is 91.9 cm³/mol. The third kappa shape index (κ3) is 2.78.